The van der Waals surface area contributed by atoms with E-state index in [1.165, 1.54) is 42.5 Å². The van der Waals surface area contributed by atoms with E-state index in [9.17, 15) is 28.1 Å². The Balaban J connectivity index is 1.38. The van der Waals surface area contributed by atoms with Crippen LogP contribution in [-0.4, -0.2) is 61.1 Å². The maximum absolute atomic E-state index is 12.8. The van der Waals surface area contributed by atoms with Crippen molar-refractivity contribution in [1.82, 2.24) is 9.80 Å². The summed E-state index contributed by atoms with van der Waals surface area (Å²) < 4.78 is 27.4. The second-order valence-corrected chi connectivity index (χ2v) is 9.51. The zero-order valence-corrected chi connectivity index (χ0v) is 18.0. The number of carbonyl (C=O) groups is 2. The number of nitro benzene ring substituents is 1. The van der Waals surface area contributed by atoms with Crippen LogP contribution in [0.15, 0.2) is 53.4 Å². The van der Waals surface area contributed by atoms with Gasteiger partial charge in [0.15, 0.2) is 0 Å². The van der Waals surface area contributed by atoms with Gasteiger partial charge in [0, 0.05) is 55.5 Å². The van der Waals surface area contributed by atoms with Crippen LogP contribution in [0.4, 0.5) is 11.4 Å². The molecule has 1 saturated heterocycles. The third kappa shape index (κ3) is 4.72. The van der Waals surface area contributed by atoms with Crippen LogP contribution in [0, 0.1) is 16.0 Å². The van der Waals surface area contributed by atoms with Gasteiger partial charge in [-0.15, -0.1) is 0 Å². The molecule has 11 heteroatoms. The second-order valence-electron chi connectivity index (χ2n) is 7.83. The van der Waals surface area contributed by atoms with Crippen LogP contribution >= 0.6 is 0 Å². The Morgan fingerprint density at radius 3 is 2.19 bits per heavy atom. The SMILES string of the molecule is O=C(c1ccc(NS(=O)(=O)c2cccc([N+](=O)[O-])c2)cc1)N1CCN(C(=O)C2CC2)CC1. The molecule has 2 amide bonds. The highest BCUT2D eigenvalue weighted by atomic mass is 32.2. The Kier molecular flexibility index (Phi) is 5.83. The number of amides is 2. The maximum atomic E-state index is 12.8. The first kappa shape index (κ1) is 21.8. The molecule has 4 rings (SSSR count). The number of sulfonamides is 1. The minimum atomic E-state index is -4.03. The van der Waals surface area contributed by atoms with Crippen molar-refractivity contribution in [2.75, 3.05) is 30.9 Å². The largest absolute Gasteiger partial charge is 0.339 e. The van der Waals surface area contributed by atoms with Crippen molar-refractivity contribution in [3.8, 4) is 0 Å². The summed E-state index contributed by atoms with van der Waals surface area (Å²) in [6, 6.07) is 10.7. The molecule has 1 saturated carbocycles. The number of non-ortho nitro benzene ring substituents is 1. The second kappa shape index (κ2) is 8.58. The fourth-order valence-corrected chi connectivity index (χ4v) is 4.66. The highest BCUT2D eigenvalue weighted by molar-refractivity contribution is 7.92. The third-order valence-electron chi connectivity index (χ3n) is 5.53. The number of benzene rings is 2. The van der Waals surface area contributed by atoms with E-state index in [0.717, 1.165) is 18.9 Å². The molecule has 2 aliphatic rings. The molecule has 2 aromatic carbocycles. The lowest BCUT2D eigenvalue weighted by molar-refractivity contribution is -0.385. The number of rotatable bonds is 6. The summed E-state index contributed by atoms with van der Waals surface area (Å²) in [4.78, 5) is 38.4. The molecule has 1 aliphatic heterocycles. The summed E-state index contributed by atoms with van der Waals surface area (Å²) in [6.07, 6.45) is 1.91. The smallest absolute Gasteiger partial charge is 0.270 e. The van der Waals surface area contributed by atoms with E-state index < -0.39 is 14.9 Å². The van der Waals surface area contributed by atoms with Crippen LogP contribution < -0.4 is 4.72 Å². The Hall–Kier alpha value is -3.47. The summed E-state index contributed by atoms with van der Waals surface area (Å²) in [5.74, 6) is 0.157. The van der Waals surface area contributed by atoms with Crippen molar-refractivity contribution in [3.05, 3.63) is 64.2 Å². The first-order chi connectivity index (χ1) is 15.2. The van der Waals surface area contributed by atoms with Gasteiger partial charge in [-0.2, -0.15) is 0 Å². The summed E-state index contributed by atoms with van der Waals surface area (Å²) in [7, 11) is -4.03. The predicted octanol–water partition coefficient (Wildman–Crippen LogP) is 2.09. The van der Waals surface area contributed by atoms with E-state index in [2.05, 4.69) is 4.72 Å². The lowest BCUT2D eigenvalue weighted by Gasteiger charge is -2.35. The standard InChI is InChI=1S/C21H22N4O6S/c26-20(15-4-5-15)23-10-12-24(13-11-23)21(27)16-6-8-17(9-7-16)22-32(30,31)19-3-1-2-18(14-19)25(28)29/h1-3,6-9,14-15,22H,4-5,10-13H2. The average Bonchev–Trinajstić information content (AvgIpc) is 3.64. The molecule has 0 unspecified atom stereocenters. The first-order valence-corrected chi connectivity index (χ1v) is 11.7. The molecule has 32 heavy (non-hydrogen) atoms. The van der Waals surface area contributed by atoms with Gasteiger partial charge < -0.3 is 9.80 Å². The van der Waals surface area contributed by atoms with Crippen molar-refractivity contribution in [1.29, 1.82) is 0 Å². The fourth-order valence-electron chi connectivity index (χ4n) is 3.56. The molecule has 10 nitrogen and oxygen atoms in total. The molecule has 0 aromatic heterocycles. The molecule has 168 valence electrons. The first-order valence-electron chi connectivity index (χ1n) is 10.2. The van der Waals surface area contributed by atoms with Gasteiger partial charge in [0.05, 0.1) is 9.82 Å². The number of nitro groups is 1. The van der Waals surface area contributed by atoms with Gasteiger partial charge in [0.25, 0.3) is 21.6 Å². The molecule has 1 N–H and O–H groups in total. The van der Waals surface area contributed by atoms with Crippen LogP contribution in [0.25, 0.3) is 0 Å². The fraction of sp³-hybridized carbons (Fsp3) is 0.333. The number of hydrogen-bond acceptors (Lipinski definition) is 6. The van der Waals surface area contributed by atoms with E-state index in [-0.39, 0.29) is 34.0 Å². The van der Waals surface area contributed by atoms with Gasteiger partial charge in [0.1, 0.15) is 0 Å². The molecule has 2 aromatic rings. The van der Waals surface area contributed by atoms with Crippen molar-refractivity contribution >= 4 is 33.2 Å². The highest BCUT2D eigenvalue weighted by Gasteiger charge is 2.35. The molecule has 0 radical (unpaired) electrons. The van der Waals surface area contributed by atoms with Gasteiger partial charge in [-0.3, -0.25) is 24.4 Å². The lowest BCUT2D eigenvalue weighted by atomic mass is 10.1. The molecule has 0 bridgehead atoms. The summed E-state index contributed by atoms with van der Waals surface area (Å²) >= 11 is 0. The maximum Gasteiger partial charge on any atom is 0.270 e. The van der Waals surface area contributed by atoms with Gasteiger partial charge in [-0.25, -0.2) is 8.42 Å². The van der Waals surface area contributed by atoms with E-state index >= 15 is 0 Å². The molecular weight excluding hydrogens is 436 g/mol. The van der Waals surface area contributed by atoms with Crippen LogP contribution in [0.1, 0.15) is 23.2 Å². The van der Waals surface area contributed by atoms with Crippen LogP contribution in [0.5, 0.6) is 0 Å². The monoisotopic (exact) mass is 458 g/mol. The van der Waals surface area contributed by atoms with Crippen molar-refractivity contribution < 1.29 is 22.9 Å². The minimum Gasteiger partial charge on any atom is -0.339 e. The quantitative estimate of drug-likeness (QED) is 0.521. The highest BCUT2D eigenvalue weighted by Crippen LogP contribution is 2.31. The van der Waals surface area contributed by atoms with Gasteiger partial charge in [0.2, 0.25) is 5.91 Å². The topological polar surface area (TPSA) is 130 Å². The van der Waals surface area contributed by atoms with Gasteiger partial charge in [-0.1, -0.05) is 6.07 Å². The van der Waals surface area contributed by atoms with E-state index in [4.69, 9.17) is 0 Å². The zero-order chi connectivity index (χ0) is 22.9. The number of hydrogen-bond donors (Lipinski definition) is 1. The number of piperazine rings is 1. The Labute approximate surface area is 185 Å². The normalized spacial score (nSPS) is 16.5. The Morgan fingerprint density at radius 2 is 1.59 bits per heavy atom. The van der Waals surface area contributed by atoms with Crippen LogP contribution in [0.3, 0.4) is 0 Å². The van der Waals surface area contributed by atoms with E-state index in [1.807, 2.05) is 4.90 Å². The molecule has 0 atom stereocenters. The van der Waals surface area contributed by atoms with Crippen molar-refractivity contribution in [2.45, 2.75) is 17.7 Å². The van der Waals surface area contributed by atoms with Crippen LogP contribution in [0.2, 0.25) is 0 Å². The molecule has 0 spiro atoms. The number of nitrogens with zero attached hydrogens (tertiary/aromatic N) is 3. The molecule has 1 aliphatic carbocycles. The molecule has 1 heterocycles. The minimum absolute atomic E-state index is 0.163. The Bertz CT molecular complexity index is 1150. The summed E-state index contributed by atoms with van der Waals surface area (Å²) in [5.41, 5.74) is 0.311. The zero-order valence-electron chi connectivity index (χ0n) is 17.1. The predicted molar refractivity (Wildman–Crippen MR) is 116 cm³/mol. The number of nitrogens with one attached hydrogen (secondary N) is 1. The molecule has 2 fully saturated rings. The van der Waals surface area contributed by atoms with E-state index in [1.54, 1.807) is 4.90 Å². The third-order valence-corrected chi connectivity index (χ3v) is 6.91. The van der Waals surface area contributed by atoms with Gasteiger partial charge in [-0.05, 0) is 43.2 Å². The number of carbonyl (C=O) groups excluding carboxylic acids is 2. The molecular formula is C21H22N4O6S. The van der Waals surface area contributed by atoms with Crippen molar-refractivity contribution in [2.24, 2.45) is 5.92 Å². The number of anilines is 1. The summed E-state index contributed by atoms with van der Waals surface area (Å²) in [6.45, 7) is 1.95. The van der Waals surface area contributed by atoms with Crippen molar-refractivity contribution in [3.63, 3.8) is 0 Å². The van der Waals surface area contributed by atoms with Crippen LogP contribution in [-0.2, 0) is 14.8 Å². The average molecular weight is 458 g/mol. The van der Waals surface area contributed by atoms with Gasteiger partial charge >= 0.3 is 0 Å². The van der Waals surface area contributed by atoms with E-state index in [0.29, 0.717) is 31.7 Å². The summed E-state index contributed by atoms with van der Waals surface area (Å²) in [5, 5.41) is 10.9. The Morgan fingerprint density at radius 1 is 0.969 bits per heavy atom. The lowest BCUT2D eigenvalue weighted by Crippen LogP contribution is -2.51.